The van der Waals surface area contributed by atoms with Gasteiger partial charge in [0, 0.05) is 17.8 Å². The van der Waals surface area contributed by atoms with Gasteiger partial charge in [0.2, 0.25) is 0 Å². The van der Waals surface area contributed by atoms with Crippen molar-refractivity contribution in [2.75, 3.05) is 4.90 Å². The van der Waals surface area contributed by atoms with Crippen LogP contribution in [-0.4, -0.2) is 12.1 Å². The molecule has 70 valence electrons. The van der Waals surface area contributed by atoms with Crippen LogP contribution in [0.2, 0.25) is 0 Å². The smallest absolute Gasteiger partial charge is 0.0371 e. The van der Waals surface area contributed by atoms with E-state index in [1.807, 2.05) is 0 Å². The summed E-state index contributed by atoms with van der Waals surface area (Å²) in [6.45, 7) is 4.63. The highest BCUT2D eigenvalue weighted by Crippen LogP contribution is 2.29. The standard InChI is InChI=1S/C12H17N/c1-10-8-9-11(2)13(10)12-6-4-3-5-7-12/h3-7,10-11H,8-9H2,1-2H3/t10-,11+. The van der Waals surface area contributed by atoms with Crippen LogP contribution in [0, 0.1) is 0 Å². The second-order valence-corrected chi connectivity index (χ2v) is 4.02. The quantitative estimate of drug-likeness (QED) is 0.634. The van der Waals surface area contributed by atoms with Crippen LogP contribution in [0.3, 0.4) is 0 Å². The number of benzene rings is 1. The molecule has 1 saturated heterocycles. The molecule has 13 heavy (non-hydrogen) atoms. The van der Waals surface area contributed by atoms with Crippen molar-refractivity contribution in [2.24, 2.45) is 0 Å². The van der Waals surface area contributed by atoms with E-state index in [4.69, 9.17) is 0 Å². The van der Waals surface area contributed by atoms with E-state index in [1.165, 1.54) is 18.5 Å². The average molecular weight is 175 g/mol. The summed E-state index contributed by atoms with van der Waals surface area (Å²) >= 11 is 0. The minimum Gasteiger partial charge on any atom is -0.366 e. The van der Waals surface area contributed by atoms with Gasteiger partial charge in [-0.1, -0.05) is 18.2 Å². The third kappa shape index (κ3) is 1.55. The molecule has 0 aromatic heterocycles. The molecule has 0 aliphatic carbocycles. The molecule has 1 fully saturated rings. The maximum absolute atomic E-state index is 2.53. The summed E-state index contributed by atoms with van der Waals surface area (Å²) in [6.07, 6.45) is 2.66. The Kier molecular flexibility index (Phi) is 2.26. The third-order valence-corrected chi connectivity index (χ3v) is 3.01. The molecule has 0 unspecified atom stereocenters. The van der Waals surface area contributed by atoms with Gasteiger partial charge in [0.15, 0.2) is 0 Å². The van der Waals surface area contributed by atoms with Crippen LogP contribution in [0.4, 0.5) is 5.69 Å². The number of hydrogen-bond acceptors (Lipinski definition) is 1. The predicted octanol–water partition coefficient (Wildman–Crippen LogP) is 3.06. The molecule has 1 aromatic carbocycles. The summed E-state index contributed by atoms with van der Waals surface area (Å²) in [7, 11) is 0. The Labute approximate surface area is 80.4 Å². The van der Waals surface area contributed by atoms with Crippen LogP contribution < -0.4 is 4.90 Å². The Morgan fingerprint density at radius 3 is 2.08 bits per heavy atom. The highest BCUT2D eigenvalue weighted by atomic mass is 15.2. The van der Waals surface area contributed by atoms with Gasteiger partial charge in [-0.05, 0) is 38.8 Å². The van der Waals surface area contributed by atoms with Gasteiger partial charge in [-0.2, -0.15) is 0 Å². The summed E-state index contributed by atoms with van der Waals surface area (Å²) in [5, 5.41) is 0. The highest BCUT2D eigenvalue weighted by molar-refractivity contribution is 5.48. The lowest BCUT2D eigenvalue weighted by molar-refractivity contribution is 0.694. The molecule has 0 amide bonds. The van der Waals surface area contributed by atoms with E-state index < -0.39 is 0 Å². The minimum absolute atomic E-state index is 0.706. The van der Waals surface area contributed by atoms with Crippen molar-refractivity contribution in [3.05, 3.63) is 30.3 Å². The van der Waals surface area contributed by atoms with Crippen molar-refractivity contribution < 1.29 is 0 Å². The topological polar surface area (TPSA) is 3.24 Å². The number of para-hydroxylation sites is 1. The van der Waals surface area contributed by atoms with Crippen LogP contribution in [-0.2, 0) is 0 Å². The molecule has 0 N–H and O–H groups in total. The molecular weight excluding hydrogens is 158 g/mol. The van der Waals surface area contributed by atoms with Crippen molar-refractivity contribution in [1.29, 1.82) is 0 Å². The van der Waals surface area contributed by atoms with Gasteiger partial charge in [-0.3, -0.25) is 0 Å². The lowest BCUT2D eigenvalue weighted by Gasteiger charge is -2.28. The minimum atomic E-state index is 0.706. The Morgan fingerprint density at radius 2 is 1.54 bits per heavy atom. The van der Waals surface area contributed by atoms with Gasteiger partial charge in [0.25, 0.3) is 0 Å². The Balaban J connectivity index is 2.25. The first-order valence-electron chi connectivity index (χ1n) is 5.12. The normalized spacial score (nSPS) is 28.0. The molecule has 0 spiro atoms. The van der Waals surface area contributed by atoms with E-state index in [-0.39, 0.29) is 0 Å². The molecule has 0 saturated carbocycles. The molecule has 1 heteroatoms. The van der Waals surface area contributed by atoms with Crippen molar-refractivity contribution in [1.82, 2.24) is 0 Å². The van der Waals surface area contributed by atoms with Crippen molar-refractivity contribution >= 4 is 5.69 Å². The van der Waals surface area contributed by atoms with E-state index in [0.29, 0.717) is 12.1 Å². The molecular formula is C12H17N. The second-order valence-electron chi connectivity index (χ2n) is 4.02. The number of hydrogen-bond donors (Lipinski definition) is 0. The van der Waals surface area contributed by atoms with Gasteiger partial charge in [0.1, 0.15) is 0 Å². The Morgan fingerprint density at radius 1 is 1.00 bits per heavy atom. The molecule has 2 rings (SSSR count). The van der Waals surface area contributed by atoms with Crippen molar-refractivity contribution in [2.45, 2.75) is 38.8 Å². The Hall–Kier alpha value is -0.980. The Bertz CT molecular complexity index is 258. The maximum atomic E-state index is 2.53. The summed E-state index contributed by atoms with van der Waals surface area (Å²) in [5.41, 5.74) is 1.38. The van der Waals surface area contributed by atoms with Crippen LogP contribution in [0.5, 0.6) is 0 Å². The maximum Gasteiger partial charge on any atom is 0.0371 e. The zero-order chi connectivity index (χ0) is 9.26. The molecule has 1 nitrogen and oxygen atoms in total. The number of anilines is 1. The van der Waals surface area contributed by atoms with E-state index in [1.54, 1.807) is 0 Å². The first-order chi connectivity index (χ1) is 6.29. The number of nitrogens with zero attached hydrogens (tertiary/aromatic N) is 1. The third-order valence-electron chi connectivity index (χ3n) is 3.01. The molecule has 1 heterocycles. The van der Waals surface area contributed by atoms with Gasteiger partial charge in [-0.25, -0.2) is 0 Å². The zero-order valence-electron chi connectivity index (χ0n) is 8.40. The van der Waals surface area contributed by atoms with Crippen LogP contribution in [0.15, 0.2) is 30.3 Å². The van der Waals surface area contributed by atoms with E-state index in [9.17, 15) is 0 Å². The summed E-state index contributed by atoms with van der Waals surface area (Å²) < 4.78 is 0. The van der Waals surface area contributed by atoms with Gasteiger partial charge >= 0.3 is 0 Å². The zero-order valence-corrected chi connectivity index (χ0v) is 8.40. The highest BCUT2D eigenvalue weighted by Gasteiger charge is 2.26. The molecule has 0 radical (unpaired) electrons. The SMILES string of the molecule is C[C@@H]1CC[C@H](C)N1c1ccccc1. The molecule has 2 atom stereocenters. The monoisotopic (exact) mass is 175 g/mol. The van der Waals surface area contributed by atoms with Crippen LogP contribution in [0.25, 0.3) is 0 Å². The fourth-order valence-corrected chi connectivity index (χ4v) is 2.30. The molecule has 1 aliphatic rings. The first-order valence-corrected chi connectivity index (χ1v) is 5.12. The lowest BCUT2D eigenvalue weighted by Crippen LogP contribution is -2.32. The summed E-state index contributed by atoms with van der Waals surface area (Å²) in [4.78, 5) is 2.53. The van der Waals surface area contributed by atoms with Gasteiger partial charge in [0.05, 0.1) is 0 Å². The fraction of sp³-hybridized carbons (Fsp3) is 0.500. The van der Waals surface area contributed by atoms with Gasteiger partial charge in [-0.15, -0.1) is 0 Å². The largest absolute Gasteiger partial charge is 0.366 e. The van der Waals surface area contributed by atoms with Crippen LogP contribution in [0.1, 0.15) is 26.7 Å². The second kappa shape index (κ2) is 3.41. The van der Waals surface area contributed by atoms with Gasteiger partial charge < -0.3 is 4.90 Å². The molecule has 1 aromatic rings. The van der Waals surface area contributed by atoms with Crippen molar-refractivity contribution in [3.8, 4) is 0 Å². The molecule has 0 bridgehead atoms. The van der Waals surface area contributed by atoms with E-state index >= 15 is 0 Å². The first kappa shape index (κ1) is 8.61. The average Bonchev–Trinajstić information content (AvgIpc) is 2.48. The predicted molar refractivity (Wildman–Crippen MR) is 57.1 cm³/mol. The summed E-state index contributed by atoms with van der Waals surface area (Å²) in [6, 6.07) is 12.1. The summed E-state index contributed by atoms with van der Waals surface area (Å²) in [5.74, 6) is 0. The van der Waals surface area contributed by atoms with Crippen LogP contribution >= 0.6 is 0 Å². The van der Waals surface area contributed by atoms with E-state index in [2.05, 4.69) is 49.1 Å². The molecule has 1 aliphatic heterocycles. The van der Waals surface area contributed by atoms with Crippen molar-refractivity contribution in [3.63, 3.8) is 0 Å². The van der Waals surface area contributed by atoms with E-state index in [0.717, 1.165) is 0 Å². The number of rotatable bonds is 1. The lowest BCUT2D eigenvalue weighted by atomic mass is 10.2. The fourth-order valence-electron chi connectivity index (χ4n) is 2.30.